The summed E-state index contributed by atoms with van der Waals surface area (Å²) in [4.78, 5) is 1.24. The fraction of sp³-hybridized carbons (Fsp3) is 0.429. The molecule has 0 saturated carbocycles. The van der Waals surface area contributed by atoms with Crippen LogP contribution in [0.2, 0.25) is 0 Å². The molecule has 1 atom stereocenters. The van der Waals surface area contributed by atoms with E-state index in [1.54, 1.807) is 0 Å². The van der Waals surface area contributed by atoms with Crippen LogP contribution >= 0.6 is 11.8 Å². The van der Waals surface area contributed by atoms with Gasteiger partial charge in [0.1, 0.15) is 0 Å². The SMILES string of the molecule is CCSc1cc(N)cc2c1ccn2CC(C)CO. The van der Waals surface area contributed by atoms with Gasteiger partial charge in [-0.05, 0) is 29.9 Å². The van der Waals surface area contributed by atoms with E-state index in [0.29, 0.717) is 0 Å². The first kappa shape index (κ1) is 13.3. The molecule has 3 nitrogen and oxygen atoms in total. The molecule has 1 aromatic heterocycles. The third kappa shape index (κ3) is 2.65. The van der Waals surface area contributed by atoms with E-state index in [4.69, 9.17) is 10.8 Å². The summed E-state index contributed by atoms with van der Waals surface area (Å²) in [6.07, 6.45) is 2.08. The van der Waals surface area contributed by atoms with Crippen LogP contribution in [0, 0.1) is 5.92 Å². The van der Waals surface area contributed by atoms with E-state index in [-0.39, 0.29) is 12.5 Å². The summed E-state index contributed by atoms with van der Waals surface area (Å²) in [5.74, 6) is 1.29. The lowest BCUT2D eigenvalue weighted by atomic mass is 10.2. The highest BCUT2D eigenvalue weighted by Crippen LogP contribution is 2.31. The second-order valence-corrected chi connectivity index (χ2v) is 5.95. The first-order chi connectivity index (χ1) is 8.65. The van der Waals surface area contributed by atoms with Crippen LogP contribution in [-0.2, 0) is 6.54 Å². The zero-order valence-electron chi connectivity index (χ0n) is 10.9. The number of fused-ring (bicyclic) bond motifs is 1. The second-order valence-electron chi connectivity index (χ2n) is 4.64. The molecule has 1 unspecified atom stereocenters. The van der Waals surface area contributed by atoms with Gasteiger partial charge < -0.3 is 15.4 Å². The number of aliphatic hydroxyl groups excluding tert-OH is 1. The van der Waals surface area contributed by atoms with Crippen molar-refractivity contribution in [1.82, 2.24) is 4.57 Å². The molecule has 0 radical (unpaired) electrons. The molecule has 0 aliphatic carbocycles. The topological polar surface area (TPSA) is 51.2 Å². The van der Waals surface area contributed by atoms with E-state index < -0.39 is 0 Å². The third-order valence-electron chi connectivity index (χ3n) is 2.99. The fourth-order valence-electron chi connectivity index (χ4n) is 2.11. The number of thioether (sulfide) groups is 1. The smallest absolute Gasteiger partial charge is 0.0512 e. The number of benzene rings is 1. The molecule has 2 aromatic rings. The maximum absolute atomic E-state index is 9.16. The minimum Gasteiger partial charge on any atom is -0.399 e. The van der Waals surface area contributed by atoms with E-state index >= 15 is 0 Å². The van der Waals surface area contributed by atoms with Crippen molar-refractivity contribution in [3.05, 3.63) is 24.4 Å². The Bertz CT molecular complexity index is 536. The highest BCUT2D eigenvalue weighted by molar-refractivity contribution is 7.99. The Morgan fingerprint density at radius 1 is 1.44 bits per heavy atom. The molecule has 0 aliphatic rings. The third-order valence-corrected chi connectivity index (χ3v) is 3.93. The second kappa shape index (κ2) is 5.67. The van der Waals surface area contributed by atoms with Crippen molar-refractivity contribution in [2.24, 2.45) is 5.92 Å². The number of anilines is 1. The summed E-state index contributed by atoms with van der Waals surface area (Å²) in [5, 5.41) is 10.4. The molecule has 1 aromatic carbocycles. The van der Waals surface area contributed by atoms with E-state index in [1.807, 2.05) is 30.8 Å². The van der Waals surface area contributed by atoms with Crippen molar-refractivity contribution in [2.75, 3.05) is 18.1 Å². The monoisotopic (exact) mass is 264 g/mol. The van der Waals surface area contributed by atoms with Gasteiger partial charge in [-0.1, -0.05) is 13.8 Å². The van der Waals surface area contributed by atoms with Gasteiger partial charge in [-0.15, -0.1) is 11.8 Å². The number of aliphatic hydroxyl groups is 1. The molecule has 2 rings (SSSR count). The van der Waals surface area contributed by atoms with Crippen LogP contribution in [0.3, 0.4) is 0 Å². The normalized spacial score (nSPS) is 13.1. The number of rotatable bonds is 5. The maximum Gasteiger partial charge on any atom is 0.0512 e. The Kier molecular flexibility index (Phi) is 4.19. The Morgan fingerprint density at radius 3 is 2.89 bits per heavy atom. The molecular weight excluding hydrogens is 244 g/mol. The lowest BCUT2D eigenvalue weighted by Crippen LogP contribution is -2.10. The molecule has 18 heavy (non-hydrogen) atoms. The van der Waals surface area contributed by atoms with Gasteiger partial charge in [0.25, 0.3) is 0 Å². The van der Waals surface area contributed by atoms with Crippen molar-refractivity contribution >= 4 is 28.4 Å². The number of nitrogens with zero attached hydrogens (tertiary/aromatic N) is 1. The standard InChI is InChI=1S/C14H20N2OS/c1-3-18-14-7-11(15)6-13-12(14)4-5-16(13)8-10(2)9-17/h4-7,10,17H,3,8-9,15H2,1-2H3. The van der Waals surface area contributed by atoms with E-state index in [2.05, 4.69) is 23.8 Å². The van der Waals surface area contributed by atoms with Gasteiger partial charge in [0, 0.05) is 35.3 Å². The number of hydrogen-bond acceptors (Lipinski definition) is 3. The van der Waals surface area contributed by atoms with Crippen LogP contribution < -0.4 is 5.73 Å². The van der Waals surface area contributed by atoms with E-state index in [9.17, 15) is 0 Å². The summed E-state index contributed by atoms with van der Waals surface area (Å²) < 4.78 is 2.17. The van der Waals surface area contributed by atoms with Gasteiger partial charge in [0.2, 0.25) is 0 Å². The van der Waals surface area contributed by atoms with Gasteiger partial charge in [-0.2, -0.15) is 0 Å². The van der Waals surface area contributed by atoms with Crippen molar-refractivity contribution in [2.45, 2.75) is 25.3 Å². The Hall–Kier alpha value is -1.13. The predicted molar refractivity (Wildman–Crippen MR) is 79.0 cm³/mol. The molecule has 98 valence electrons. The number of nitrogen functional groups attached to an aromatic ring is 1. The van der Waals surface area contributed by atoms with Crippen LogP contribution in [0.5, 0.6) is 0 Å². The summed E-state index contributed by atoms with van der Waals surface area (Å²) in [7, 11) is 0. The highest BCUT2D eigenvalue weighted by Gasteiger charge is 2.09. The maximum atomic E-state index is 9.16. The van der Waals surface area contributed by atoms with Crippen LogP contribution in [0.1, 0.15) is 13.8 Å². The van der Waals surface area contributed by atoms with Crippen LogP contribution in [0.15, 0.2) is 29.3 Å². The van der Waals surface area contributed by atoms with Gasteiger partial charge in [0.05, 0.1) is 5.52 Å². The first-order valence-electron chi connectivity index (χ1n) is 6.27. The number of aromatic nitrogens is 1. The minimum atomic E-state index is 0.207. The van der Waals surface area contributed by atoms with E-state index in [1.165, 1.54) is 10.3 Å². The number of nitrogens with two attached hydrogens (primary N) is 1. The van der Waals surface area contributed by atoms with Gasteiger partial charge >= 0.3 is 0 Å². The molecule has 0 aliphatic heterocycles. The summed E-state index contributed by atoms with van der Waals surface area (Å²) in [5.41, 5.74) is 7.93. The number of hydrogen-bond donors (Lipinski definition) is 2. The average Bonchev–Trinajstić information content (AvgIpc) is 2.73. The van der Waals surface area contributed by atoms with Gasteiger partial charge in [-0.3, -0.25) is 0 Å². The zero-order valence-corrected chi connectivity index (χ0v) is 11.7. The van der Waals surface area contributed by atoms with Crippen molar-refractivity contribution in [3.8, 4) is 0 Å². The fourth-order valence-corrected chi connectivity index (χ4v) is 2.97. The van der Waals surface area contributed by atoms with Crippen LogP contribution in [0.25, 0.3) is 10.9 Å². The van der Waals surface area contributed by atoms with Crippen molar-refractivity contribution < 1.29 is 5.11 Å². The van der Waals surface area contributed by atoms with Crippen molar-refractivity contribution in [3.63, 3.8) is 0 Å². The quantitative estimate of drug-likeness (QED) is 0.645. The molecular formula is C14H20N2OS. The summed E-state index contributed by atoms with van der Waals surface area (Å²) >= 11 is 1.81. The molecule has 1 heterocycles. The first-order valence-corrected chi connectivity index (χ1v) is 7.26. The minimum absolute atomic E-state index is 0.207. The molecule has 0 fully saturated rings. The molecule has 0 saturated heterocycles. The Labute approximate surface area is 112 Å². The largest absolute Gasteiger partial charge is 0.399 e. The summed E-state index contributed by atoms with van der Waals surface area (Å²) in [6, 6.07) is 6.19. The van der Waals surface area contributed by atoms with Crippen LogP contribution in [0.4, 0.5) is 5.69 Å². The highest BCUT2D eigenvalue weighted by atomic mass is 32.2. The Morgan fingerprint density at radius 2 is 2.22 bits per heavy atom. The molecule has 4 heteroatoms. The lowest BCUT2D eigenvalue weighted by molar-refractivity contribution is 0.224. The molecule has 0 bridgehead atoms. The van der Waals surface area contributed by atoms with Gasteiger partial charge in [0.15, 0.2) is 0 Å². The Balaban J connectivity index is 2.45. The van der Waals surface area contributed by atoms with Gasteiger partial charge in [-0.25, -0.2) is 0 Å². The lowest BCUT2D eigenvalue weighted by Gasteiger charge is -2.11. The average molecular weight is 264 g/mol. The van der Waals surface area contributed by atoms with Crippen LogP contribution in [-0.4, -0.2) is 22.0 Å². The molecule has 0 spiro atoms. The molecule has 3 N–H and O–H groups in total. The summed E-state index contributed by atoms with van der Waals surface area (Å²) in [6.45, 7) is 5.21. The predicted octanol–water partition coefficient (Wildman–Crippen LogP) is 2.96. The van der Waals surface area contributed by atoms with E-state index in [0.717, 1.165) is 23.5 Å². The zero-order chi connectivity index (χ0) is 13.1. The molecule has 0 amide bonds. The van der Waals surface area contributed by atoms with Crippen molar-refractivity contribution in [1.29, 1.82) is 0 Å².